The number of hydrogen-bond acceptors (Lipinski definition) is 3. The molecule has 6 heteroatoms. The summed E-state index contributed by atoms with van der Waals surface area (Å²) in [6.45, 7) is 7.75. The number of hydrogen-bond donors (Lipinski definition) is 1. The van der Waals surface area contributed by atoms with E-state index < -0.39 is 0 Å². The van der Waals surface area contributed by atoms with Gasteiger partial charge in [0.2, 0.25) is 5.91 Å². The van der Waals surface area contributed by atoms with Gasteiger partial charge in [-0.3, -0.25) is 14.2 Å². The third-order valence-corrected chi connectivity index (χ3v) is 4.61. The predicted molar refractivity (Wildman–Crippen MR) is 103 cm³/mol. The highest BCUT2D eigenvalue weighted by atomic mass is 16.2. The Morgan fingerprint density at radius 3 is 2.58 bits per heavy atom. The fraction of sp³-hybridized carbons (Fsp3) is 0.350. The lowest BCUT2D eigenvalue weighted by Gasteiger charge is -2.15. The molecule has 0 saturated heterocycles. The van der Waals surface area contributed by atoms with Crippen molar-refractivity contribution in [2.75, 3.05) is 0 Å². The maximum Gasteiger partial charge on any atom is 0.252 e. The summed E-state index contributed by atoms with van der Waals surface area (Å²) >= 11 is 0. The zero-order valence-corrected chi connectivity index (χ0v) is 15.6. The van der Waals surface area contributed by atoms with Gasteiger partial charge in [-0.15, -0.1) is 0 Å². The molecular formula is C20H24N4O2. The predicted octanol–water partition coefficient (Wildman–Crippen LogP) is 2.72. The highest BCUT2D eigenvalue weighted by Gasteiger charge is 2.18. The Kier molecular flexibility index (Phi) is 4.93. The number of nitrogens with one attached hydrogen (secondary N) is 1. The molecule has 0 aliphatic heterocycles. The van der Waals surface area contributed by atoms with E-state index in [-0.39, 0.29) is 24.1 Å². The molecule has 1 aromatic carbocycles. The number of nitrogens with zero attached hydrogens (tertiary/aromatic N) is 3. The Morgan fingerprint density at radius 2 is 1.92 bits per heavy atom. The normalized spacial score (nSPS) is 12.3. The summed E-state index contributed by atoms with van der Waals surface area (Å²) in [4.78, 5) is 25.1. The van der Waals surface area contributed by atoms with Crippen LogP contribution in [0.1, 0.15) is 31.5 Å². The fourth-order valence-electron chi connectivity index (χ4n) is 3.13. The summed E-state index contributed by atoms with van der Waals surface area (Å²) in [5, 5.41) is 8.46. The second-order valence-electron chi connectivity index (χ2n) is 6.66. The molecule has 0 radical (unpaired) electrons. The quantitative estimate of drug-likeness (QED) is 0.768. The lowest BCUT2D eigenvalue weighted by Crippen LogP contribution is -2.37. The molecule has 1 N–H and O–H groups in total. The largest absolute Gasteiger partial charge is 0.352 e. The molecule has 0 saturated carbocycles. The van der Waals surface area contributed by atoms with E-state index in [1.54, 1.807) is 10.7 Å². The van der Waals surface area contributed by atoms with Crippen LogP contribution in [0.5, 0.6) is 0 Å². The maximum atomic E-state index is 12.7. The van der Waals surface area contributed by atoms with Gasteiger partial charge in [0.1, 0.15) is 12.2 Å². The van der Waals surface area contributed by atoms with Crippen molar-refractivity contribution >= 4 is 16.9 Å². The molecule has 136 valence electrons. The van der Waals surface area contributed by atoms with Crippen LogP contribution >= 0.6 is 0 Å². The Bertz CT molecular complexity index is 1000. The summed E-state index contributed by atoms with van der Waals surface area (Å²) in [6, 6.07) is 11.3. The van der Waals surface area contributed by atoms with Gasteiger partial charge < -0.3 is 5.32 Å². The number of para-hydroxylation sites is 1. The summed E-state index contributed by atoms with van der Waals surface area (Å²) in [5.41, 5.74) is 3.00. The standard InChI is InChI=1S/C20H24N4O2/c1-5-14(3)21-17(25)12-23-18(26)11-13(2)19-15(4)22-24(20(19)23)16-9-7-6-8-10-16/h6-11,14H,5,12H2,1-4H3,(H,21,25)/t14-/m1/s1. The highest BCUT2D eigenvalue weighted by molar-refractivity contribution is 5.85. The Labute approximate surface area is 152 Å². The van der Waals surface area contributed by atoms with E-state index in [1.807, 2.05) is 58.0 Å². The van der Waals surface area contributed by atoms with Gasteiger partial charge >= 0.3 is 0 Å². The second-order valence-corrected chi connectivity index (χ2v) is 6.66. The zero-order valence-electron chi connectivity index (χ0n) is 15.6. The van der Waals surface area contributed by atoms with Crippen molar-refractivity contribution in [3.05, 3.63) is 58.0 Å². The summed E-state index contributed by atoms with van der Waals surface area (Å²) in [5.74, 6) is -0.176. The van der Waals surface area contributed by atoms with Crippen LogP contribution in [0.3, 0.4) is 0 Å². The van der Waals surface area contributed by atoms with Crippen molar-refractivity contribution in [1.82, 2.24) is 19.7 Å². The molecule has 6 nitrogen and oxygen atoms in total. The number of pyridine rings is 1. The minimum atomic E-state index is -0.202. The van der Waals surface area contributed by atoms with Crippen LogP contribution in [0.15, 0.2) is 41.2 Å². The van der Waals surface area contributed by atoms with Crippen molar-refractivity contribution in [1.29, 1.82) is 0 Å². The first-order valence-corrected chi connectivity index (χ1v) is 8.87. The first kappa shape index (κ1) is 17.9. The van der Waals surface area contributed by atoms with E-state index in [0.717, 1.165) is 28.8 Å². The van der Waals surface area contributed by atoms with Crippen LogP contribution in [0.4, 0.5) is 0 Å². The smallest absolute Gasteiger partial charge is 0.252 e. The first-order valence-electron chi connectivity index (χ1n) is 8.87. The van der Waals surface area contributed by atoms with Crippen molar-refractivity contribution < 1.29 is 4.79 Å². The molecule has 0 spiro atoms. The average Bonchev–Trinajstić information content (AvgIpc) is 2.97. The van der Waals surface area contributed by atoms with E-state index >= 15 is 0 Å². The van der Waals surface area contributed by atoms with Gasteiger partial charge in [-0.25, -0.2) is 4.68 Å². The summed E-state index contributed by atoms with van der Waals surface area (Å²) in [6.07, 6.45) is 0.838. The number of amides is 1. The van der Waals surface area contributed by atoms with Crippen molar-refractivity contribution in [3.8, 4) is 5.69 Å². The van der Waals surface area contributed by atoms with Crippen LogP contribution < -0.4 is 10.9 Å². The number of carbonyl (C=O) groups is 1. The highest BCUT2D eigenvalue weighted by Crippen LogP contribution is 2.23. The van der Waals surface area contributed by atoms with Gasteiger partial charge in [0.05, 0.1) is 11.4 Å². The molecule has 0 aliphatic carbocycles. The first-order chi connectivity index (χ1) is 12.4. The molecular weight excluding hydrogens is 328 g/mol. The average molecular weight is 352 g/mol. The second kappa shape index (κ2) is 7.15. The van der Waals surface area contributed by atoms with Crippen molar-refractivity contribution in [3.63, 3.8) is 0 Å². The molecule has 2 heterocycles. The number of aromatic nitrogens is 3. The minimum absolute atomic E-state index is 0.0298. The van der Waals surface area contributed by atoms with Gasteiger partial charge in [0, 0.05) is 17.5 Å². The maximum absolute atomic E-state index is 12.7. The molecule has 3 aromatic rings. The molecule has 1 atom stereocenters. The molecule has 0 bridgehead atoms. The van der Waals surface area contributed by atoms with Crippen molar-refractivity contribution in [2.24, 2.45) is 0 Å². The molecule has 3 rings (SSSR count). The lowest BCUT2D eigenvalue weighted by molar-refractivity contribution is -0.122. The molecule has 0 unspecified atom stereocenters. The van der Waals surface area contributed by atoms with E-state index in [0.29, 0.717) is 5.65 Å². The van der Waals surface area contributed by atoms with Crippen LogP contribution in [0.2, 0.25) is 0 Å². The van der Waals surface area contributed by atoms with E-state index in [1.165, 1.54) is 4.57 Å². The van der Waals surface area contributed by atoms with E-state index in [9.17, 15) is 9.59 Å². The van der Waals surface area contributed by atoms with E-state index in [4.69, 9.17) is 0 Å². The van der Waals surface area contributed by atoms with E-state index in [2.05, 4.69) is 10.4 Å². The number of fused-ring (bicyclic) bond motifs is 1. The topological polar surface area (TPSA) is 68.9 Å². The SMILES string of the molecule is CC[C@@H](C)NC(=O)Cn1c(=O)cc(C)c2c(C)nn(-c3ccccc3)c21. The monoisotopic (exact) mass is 352 g/mol. The third-order valence-electron chi connectivity index (χ3n) is 4.61. The minimum Gasteiger partial charge on any atom is -0.352 e. The van der Waals surface area contributed by atoms with Gasteiger partial charge in [0.25, 0.3) is 5.56 Å². The molecule has 26 heavy (non-hydrogen) atoms. The van der Waals surface area contributed by atoms with Crippen LogP contribution in [-0.4, -0.2) is 26.3 Å². The lowest BCUT2D eigenvalue weighted by atomic mass is 10.1. The molecule has 1 amide bonds. The number of aryl methyl sites for hydroxylation is 2. The molecule has 2 aromatic heterocycles. The van der Waals surface area contributed by atoms with Gasteiger partial charge in [-0.1, -0.05) is 25.1 Å². The summed E-state index contributed by atoms with van der Waals surface area (Å²) < 4.78 is 3.25. The molecule has 0 fully saturated rings. The number of carbonyl (C=O) groups excluding carboxylic acids is 1. The zero-order chi connectivity index (χ0) is 18.8. The van der Waals surface area contributed by atoms with Crippen molar-refractivity contribution in [2.45, 2.75) is 46.7 Å². The molecule has 0 aliphatic rings. The van der Waals surface area contributed by atoms with Crippen LogP contribution in [0, 0.1) is 13.8 Å². The fourth-order valence-corrected chi connectivity index (χ4v) is 3.13. The number of rotatable bonds is 5. The Hall–Kier alpha value is -2.89. The summed E-state index contributed by atoms with van der Waals surface area (Å²) in [7, 11) is 0. The Morgan fingerprint density at radius 1 is 1.23 bits per heavy atom. The van der Waals surface area contributed by atoms with Gasteiger partial charge in [-0.05, 0) is 44.9 Å². The van der Waals surface area contributed by atoms with Crippen LogP contribution in [-0.2, 0) is 11.3 Å². The number of benzene rings is 1. The van der Waals surface area contributed by atoms with Gasteiger partial charge in [0.15, 0.2) is 0 Å². The Balaban J connectivity index is 2.19. The van der Waals surface area contributed by atoms with Crippen LogP contribution in [0.25, 0.3) is 16.7 Å². The third kappa shape index (κ3) is 3.27. The van der Waals surface area contributed by atoms with Gasteiger partial charge in [-0.2, -0.15) is 5.10 Å².